The lowest BCUT2D eigenvalue weighted by atomic mass is 10.1. The van der Waals surface area contributed by atoms with Crippen molar-refractivity contribution in [3.63, 3.8) is 0 Å². The molecule has 346 valence electrons. The molecule has 0 amide bonds. The first-order chi connectivity index (χ1) is 30.8. The Morgan fingerprint density at radius 2 is 0.831 bits per heavy atom. The summed E-state index contributed by atoms with van der Waals surface area (Å²) in [6.07, 6.45) is 1.27. The average molecular weight is 993 g/mol. The Balaban J connectivity index is 0.000000194. The molecule has 0 radical (unpaired) electrons. The SMILES string of the molecule is Cc1ccccc1Cc1csc(N2CCN(S(=O)(=O)c3c(F)c(F)c(F)c(F)c3F)CC2)n1.O=S(=O)(c1c(F)c(F)c(F)c(F)c1F)N1CCN(c2nc(Cc3ccccc3)cs2)CC1. The van der Waals surface area contributed by atoms with Gasteiger partial charge in [-0.3, -0.25) is 0 Å². The van der Waals surface area contributed by atoms with Gasteiger partial charge < -0.3 is 9.80 Å². The fourth-order valence-electron chi connectivity index (χ4n) is 6.97. The summed E-state index contributed by atoms with van der Waals surface area (Å²) < 4.78 is 189. The summed E-state index contributed by atoms with van der Waals surface area (Å²) in [4.78, 5) is 9.11. The van der Waals surface area contributed by atoms with Crippen molar-refractivity contribution in [1.29, 1.82) is 0 Å². The Kier molecular flexibility index (Phi) is 14.2. The van der Waals surface area contributed by atoms with Crippen LogP contribution in [0.4, 0.5) is 54.2 Å². The van der Waals surface area contributed by atoms with Crippen molar-refractivity contribution in [2.75, 3.05) is 62.2 Å². The molecule has 24 heteroatoms. The van der Waals surface area contributed by atoms with Crippen LogP contribution < -0.4 is 9.80 Å². The number of nitrogens with zero attached hydrogens (tertiary/aromatic N) is 6. The number of benzene rings is 4. The maximum atomic E-state index is 14.1. The summed E-state index contributed by atoms with van der Waals surface area (Å²) in [7, 11) is -9.87. The molecular weight excluding hydrogens is 959 g/mol. The molecule has 0 bridgehead atoms. The number of hydrogen-bond donors (Lipinski definition) is 0. The van der Waals surface area contributed by atoms with E-state index in [0.717, 1.165) is 28.1 Å². The summed E-state index contributed by atoms with van der Waals surface area (Å²) in [6, 6.07) is 17.6. The third-order valence-electron chi connectivity index (χ3n) is 10.5. The second-order valence-electron chi connectivity index (χ2n) is 14.6. The summed E-state index contributed by atoms with van der Waals surface area (Å²) in [5, 5.41) is 5.11. The lowest BCUT2D eigenvalue weighted by molar-refractivity contribution is 0.344. The first-order valence-electron chi connectivity index (χ1n) is 19.3. The zero-order valence-electron chi connectivity index (χ0n) is 33.7. The van der Waals surface area contributed by atoms with Gasteiger partial charge in [0.05, 0.1) is 11.4 Å². The molecule has 2 aliphatic rings. The van der Waals surface area contributed by atoms with E-state index in [2.05, 4.69) is 9.97 Å². The van der Waals surface area contributed by atoms with Gasteiger partial charge in [-0.05, 0) is 23.6 Å². The normalized spacial score (nSPS) is 15.3. The van der Waals surface area contributed by atoms with Gasteiger partial charge in [-0.15, -0.1) is 22.7 Å². The van der Waals surface area contributed by atoms with Gasteiger partial charge in [-0.25, -0.2) is 70.7 Å². The molecule has 4 heterocycles. The highest BCUT2D eigenvalue weighted by molar-refractivity contribution is 7.89. The molecule has 2 saturated heterocycles. The fraction of sp³-hybridized carbons (Fsp3) is 0.268. The molecule has 0 N–H and O–H groups in total. The second-order valence-corrected chi connectivity index (χ2v) is 20.0. The fourth-order valence-corrected chi connectivity index (χ4v) is 11.8. The standard InChI is InChI=1S/C21H18F5N3O2S2.C20H16F5N3O2S2/c1-12-4-2-3-5-13(12)10-14-11-32-21(27-14)28-6-8-29(9-7-28)33(30,31)20-18(25)16(23)15(22)17(24)19(20)26;21-14-15(22)17(24)19(18(25)16(14)23)32(29,30)28-8-6-27(7-9-28)20-26-13(11-31-20)10-12-4-2-1-3-5-12/h2-5,11H,6-10H2,1H3;1-5,11H,6-10H2. The monoisotopic (exact) mass is 992 g/mol. The lowest BCUT2D eigenvalue weighted by Crippen LogP contribution is -2.49. The molecule has 2 aromatic heterocycles. The smallest absolute Gasteiger partial charge is 0.249 e. The molecular formula is C41H34F10N6O4S4. The molecule has 2 fully saturated rings. The van der Waals surface area contributed by atoms with Crippen LogP contribution in [0.1, 0.15) is 28.1 Å². The van der Waals surface area contributed by atoms with E-state index in [4.69, 9.17) is 0 Å². The number of aryl methyl sites for hydroxylation is 1. The molecule has 4 aromatic carbocycles. The van der Waals surface area contributed by atoms with E-state index in [1.807, 2.05) is 82.1 Å². The van der Waals surface area contributed by atoms with E-state index in [0.29, 0.717) is 31.7 Å². The van der Waals surface area contributed by atoms with Gasteiger partial charge in [0.1, 0.15) is 0 Å². The Labute approximate surface area is 374 Å². The predicted octanol–water partition coefficient (Wildman–Crippen LogP) is 8.19. The maximum Gasteiger partial charge on any atom is 0.249 e. The van der Waals surface area contributed by atoms with E-state index < -0.39 is 88.0 Å². The average Bonchev–Trinajstić information content (AvgIpc) is 3.98. The van der Waals surface area contributed by atoms with Gasteiger partial charge in [0.25, 0.3) is 0 Å². The molecule has 65 heavy (non-hydrogen) atoms. The summed E-state index contributed by atoms with van der Waals surface area (Å²) in [6.45, 7) is 1.79. The van der Waals surface area contributed by atoms with Crippen LogP contribution >= 0.6 is 22.7 Å². The van der Waals surface area contributed by atoms with Gasteiger partial charge in [-0.2, -0.15) is 8.61 Å². The van der Waals surface area contributed by atoms with Gasteiger partial charge in [0.15, 0.2) is 66.6 Å². The van der Waals surface area contributed by atoms with Gasteiger partial charge in [0.2, 0.25) is 31.7 Å². The number of hydrogen-bond acceptors (Lipinski definition) is 10. The number of anilines is 2. The number of thiazole rings is 2. The molecule has 0 spiro atoms. The van der Waals surface area contributed by atoms with Crippen molar-refractivity contribution >= 4 is 53.0 Å². The van der Waals surface area contributed by atoms with E-state index in [1.54, 1.807) is 0 Å². The third-order valence-corrected chi connectivity index (χ3v) is 16.2. The van der Waals surface area contributed by atoms with Crippen LogP contribution in [-0.4, -0.2) is 87.8 Å². The van der Waals surface area contributed by atoms with Crippen molar-refractivity contribution in [2.45, 2.75) is 29.6 Å². The topological polar surface area (TPSA) is 107 Å². The molecule has 0 saturated carbocycles. The van der Waals surface area contributed by atoms with E-state index >= 15 is 0 Å². The third kappa shape index (κ3) is 9.73. The van der Waals surface area contributed by atoms with Crippen molar-refractivity contribution < 1.29 is 60.7 Å². The van der Waals surface area contributed by atoms with Crippen LogP contribution in [0.5, 0.6) is 0 Å². The van der Waals surface area contributed by atoms with E-state index in [1.165, 1.54) is 22.7 Å². The highest BCUT2D eigenvalue weighted by Gasteiger charge is 2.40. The van der Waals surface area contributed by atoms with E-state index in [9.17, 15) is 60.7 Å². The number of aromatic nitrogens is 2. The number of halogens is 10. The minimum Gasteiger partial charge on any atom is -0.345 e. The largest absolute Gasteiger partial charge is 0.345 e. The molecule has 0 aliphatic carbocycles. The van der Waals surface area contributed by atoms with Crippen LogP contribution in [0.3, 0.4) is 0 Å². The molecule has 2 aliphatic heterocycles. The highest BCUT2D eigenvalue weighted by Crippen LogP contribution is 2.33. The minimum absolute atomic E-state index is 0.145. The predicted molar refractivity (Wildman–Crippen MR) is 222 cm³/mol. The number of piperazine rings is 2. The second kappa shape index (κ2) is 19.4. The van der Waals surface area contributed by atoms with Crippen molar-refractivity contribution in [1.82, 2.24) is 18.6 Å². The zero-order chi connectivity index (χ0) is 47.0. The van der Waals surface area contributed by atoms with Crippen LogP contribution in [-0.2, 0) is 32.9 Å². The summed E-state index contributed by atoms with van der Waals surface area (Å²) in [5.74, 6) is -23.5. The number of rotatable bonds is 10. The Morgan fingerprint density at radius 3 is 1.23 bits per heavy atom. The minimum atomic E-state index is -4.94. The van der Waals surface area contributed by atoms with Gasteiger partial charge in [-0.1, -0.05) is 54.6 Å². The molecule has 8 rings (SSSR count). The Morgan fingerprint density at radius 1 is 0.477 bits per heavy atom. The number of sulfonamides is 2. The van der Waals surface area contributed by atoms with Crippen LogP contribution in [0.25, 0.3) is 0 Å². The Hall–Kier alpha value is -5.14. The summed E-state index contributed by atoms with van der Waals surface area (Å²) >= 11 is 2.76. The van der Waals surface area contributed by atoms with Gasteiger partial charge in [0, 0.05) is 76.0 Å². The highest BCUT2D eigenvalue weighted by atomic mass is 32.2. The van der Waals surface area contributed by atoms with Gasteiger partial charge >= 0.3 is 0 Å². The van der Waals surface area contributed by atoms with Crippen LogP contribution in [0.15, 0.2) is 75.1 Å². The van der Waals surface area contributed by atoms with Crippen LogP contribution in [0, 0.1) is 65.1 Å². The molecule has 0 unspecified atom stereocenters. The maximum absolute atomic E-state index is 14.1. The molecule has 6 aromatic rings. The first kappa shape index (κ1) is 47.8. The molecule has 10 nitrogen and oxygen atoms in total. The lowest BCUT2D eigenvalue weighted by Gasteiger charge is -2.33. The zero-order valence-corrected chi connectivity index (χ0v) is 36.9. The quantitative estimate of drug-likeness (QED) is 0.0769. The van der Waals surface area contributed by atoms with Crippen LogP contribution in [0.2, 0.25) is 0 Å². The van der Waals surface area contributed by atoms with E-state index in [-0.39, 0.29) is 52.4 Å². The first-order valence-corrected chi connectivity index (χ1v) is 24.0. The molecule has 0 atom stereocenters. The van der Waals surface area contributed by atoms with Crippen molar-refractivity contribution in [3.05, 3.63) is 152 Å². The Bertz CT molecular complexity index is 2890. The van der Waals surface area contributed by atoms with Crippen molar-refractivity contribution in [3.8, 4) is 0 Å². The summed E-state index contributed by atoms with van der Waals surface area (Å²) in [5.41, 5.74) is 5.04. The van der Waals surface area contributed by atoms with Crippen molar-refractivity contribution in [2.24, 2.45) is 0 Å².